The van der Waals surface area contributed by atoms with Gasteiger partial charge in [-0.3, -0.25) is 9.59 Å². The Hall–Kier alpha value is -2.16. The molecule has 0 bridgehead atoms. The van der Waals surface area contributed by atoms with E-state index in [0.717, 1.165) is 16.9 Å². The first-order valence-electron chi connectivity index (χ1n) is 6.40. The molecule has 1 aliphatic carbocycles. The van der Waals surface area contributed by atoms with Crippen LogP contribution < -0.4 is 0 Å². The lowest BCUT2D eigenvalue weighted by Gasteiger charge is -2.22. The lowest BCUT2D eigenvalue weighted by molar-refractivity contribution is -0.130. The number of benzene rings is 1. The molecule has 0 radical (unpaired) electrons. The number of hydrogen-bond donors (Lipinski definition) is 0. The molecule has 0 unspecified atom stereocenters. The summed E-state index contributed by atoms with van der Waals surface area (Å²) in [6.45, 7) is 0. The predicted molar refractivity (Wildman–Crippen MR) is 70.8 cm³/mol. The molecule has 0 N–H and O–H groups in total. The largest absolute Gasteiger partial charge is 0.464 e. The Balaban J connectivity index is 2.01. The Kier molecular flexibility index (Phi) is 3.03. The SMILES string of the molecule is O=C1CC(=O)CC(c2ccccc2-c2ccco2)C1. The summed E-state index contributed by atoms with van der Waals surface area (Å²) in [5.74, 6) is 0.835. The zero-order valence-corrected chi connectivity index (χ0v) is 10.5. The molecule has 96 valence electrons. The molecule has 1 aliphatic rings. The highest BCUT2D eigenvalue weighted by molar-refractivity contribution is 6.02. The van der Waals surface area contributed by atoms with Crippen molar-refractivity contribution in [3.63, 3.8) is 0 Å². The van der Waals surface area contributed by atoms with Crippen molar-refractivity contribution in [1.29, 1.82) is 0 Å². The van der Waals surface area contributed by atoms with Gasteiger partial charge in [0.25, 0.3) is 0 Å². The van der Waals surface area contributed by atoms with Gasteiger partial charge >= 0.3 is 0 Å². The van der Waals surface area contributed by atoms with E-state index in [0.29, 0.717) is 12.8 Å². The van der Waals surface area contributed by atoms with Crippen LogP contribution in [0.25, 0.3) is 11.3 Å². The molecule has 1 aromatic heterocycles. The minimum Gasteiger partial charge on any atom is -0.464 e. The first-order chi connectivity index (χ1) is 9.24. The minimum atomic E-state index is -0.0185. The van der Waals surface area contributed by atoms with Gasteiger partial charge in [-0.15, -0.1) is 0 Å². The molecule has 1 heterocycles. The smallest absolute Gasteiger partial charge is 0.140 e. The number of carbonyl (C=O) groups is 2. The third-order valence-electron chi connectivity index (χ3n) is 3.53. The predicted octanol–water partition coefficient (Wildman–Crippen LogP) is 3.35. The van der Waals surface area contributed by atoms with Crippen LogP contribution in [0.5, 0.6) is 0 Å². The van der Waals surface area contributed by atoms with Gasteiger partial charge in [-0.05, 0) is 23.6 Å². The summed E-state index contributed by atoms with van der Waals surface area (Å²) in [6.07, 6.45) is 2.62. The second-order valence-electron chi connectivity index (χ2n) is 4.92. The van der Waals surface area contributed by atoms with E-state index in [1.54, 1.807) is 6.26 Å². The zero-order chi connectivity index (χ0) is 13.2. The molecule has 1 fully saturated rings. The van der Waals surface area contributed by atoms with Crippen molar-refractivity contribution >= 4 is 11.6 Å². The van der Waals surface area contributed by atoms with Crippen LogP contribution in [0.15, 0.2) is 47.1 Å². The molecule has 1 saturated carbocycles. The van der Waals surface area contributed by atoms with E-state index in [2.05, 4.69) is 0 Å². The number of rotatable bonds is 2. The van der Waals surface area contributed by atoms with E-state index < -0.39 is 0 Å². The summed E-state index contributed by atoms with van der Waals surface area (Å²) < 4.78 is 5.43. The van der Waals surface area contributed by atoms with Crippen molar-refractivity contribution < 1.29 is 14.0 Å². The van der Waals surface area contributed by atoms with E-state index in [-0.39, 0.29) is 23.9 Å². The van der Waals surface area contributed by atoms with Crippen LogP contribution in [-0.4, -0.2) is 11.6 Å². The minimum absolute atomic E-state index is 0.0185. The van der Waals surface area contributed by atoms with Crippen molar-refractivity contribution in [2.24, 2.45) is 0 Å². The van der Waals surface area contributed by atoms with E-state index in [4.69, 9.17) is 4.42 Å². The average molecular weight is 254 g/mol. The van der Waals surface area contributed by atoms with Gasteiger partial charge in [0, 0.05) is 18.4 Å². The maximum atomic E-state index is 11.6. The van der Waals surface area contributed by atoms with Gasteiger partial charge in [-0.1, -0.05) is 24.3 Å². The van der Waals surface area contributed by atoms with Crippen molar-refractivity contribution in [1.82, 2.24) is 0 Å². The third kappa shape index (κ3) is 2.36. The summed E-state index contributed by atoms with van der Waals surface area (Å²) >= 11 is 0. The fraction of sp³-hybridized carbons (Fsp3) is 0.250. The third-order valence-corrected chi connectivity index (χ3v) is 3.53. The van der Waals surface area contributed by atoms with Crippen LogP contribution in [0.1, 0.15) is 30.7 Å². The van der Waals surface area contributed by atoms with Crippen LogP contribution in [0.3, 0.4) is 0 Å². The Morgan fingerprint density at radius 1 is 0.947 bits per heavy atom. The summed E-state index contributed by atoms with van der Waals surface area (Å²) in [5, 5.41) is 0. The number of carbonyl (C=O) groups excluding carboxylic acids is 2. The van der Waals surface area contributed by atoms with E-state index >= 15 is 0 Å². The first-order valence-corrected chi connectivity index (χ1v) is 6.40. The van der Waals surface area contributed by atoms with Gasteiger partial charge in [0.05, 0.1) is 12.7 Å². The molecule has 19 heavy (non-hydrogen) atoms. The molecule has 2 aromatic rings. The lowest BCUT2D eigenvalue weighted by Crippen LogP contribution is -2.21. The summed E-state index contributed by atoms with van der Waals surface area (Å²) in [7, 11) is 0. The Bertz CT molecular complexity index is 595. The zero-order valence-electron chi connectivity index (χ0n) is 10.5. The molecular formula is C16H14O3. The van der Waals surface area contributed by atoms with Gasteiger partial charge in [-0.25, -0.2) is 0 Å². The van der Waals surface area contributed by atoms with Gasteiger partial charge in [-0.2, -0.15) is 0 Å². The highest BCUT2D eigenvalue weighted by Crippen LogP contribution is 2.36. The molecule has 3 heteroatoms. The second kappa shape index (κ2) is 4.84. The van der Waals surface area contributed by atoms with E-state index in [1.807, 2.05) is 36.4 Å². The fourth-order valence-corrected chi connectivity index (χ4v) is 2.72. The lowest BCUT2D eigenvalue weighted by atomic mass is 9.80. The van der Waals surface area contributed by atoms with E-state index in [1.165, 1.54) is 0 Å². The van der Waals surface area contributed by atoms with Gasteiger partial charge < -0.3 is 4.42 Å². The van der Waals surface area contributed by atoms with Crippen LogP contribution in [0.2, 0.25) is 0 Å². The summed E-state index contributed by atoms with van der Waals surface area (Å²) in [6, 6.07) is 11.6. The molecule has 3 nitrogen and oxygen atoms in total. The Morgan fingerprint density at radius 3 is 2.37 bits per heavy atom. The second-order valence-corrected chi connectivity index (χ2v) is 4.92. The summed E-state index contributed by atoms with van der Waals surface area (Å²) in [5.41, 5.74) is 2.00. The van der Waals surface area contributed by atoms with Crippen molar-refractivity contribution in [2.75, 3.05) is 0 Å². The van der Waals surface area contributed by atoms with Gasteiger partial charge in [0.1, 0.15) is 17.3 Å². The molecular weight excluding hydrogens is 240 g/mol. The Labute approximate surface area is 111 Å². The Morgan fingerprint density at radius 2 is 1.68 bits per heavy atom. The van der Waals surface area contributed by atoms with Crippen molar-refractivity contribution in [2.45, 2.75) is 25.2 Å². The maximum absolute atomic E-state index is 11.6. The molecule has 0 saturated heterocycles. The molecule has 0 aliphatic heterocycles. The number of hydrogen-bond acceptors (Lipinski definition) is 3. The van der Waals surface area contributed by atoms with Crippen LogP contribution >= 0.6 is 0 Å². The number of Topliss-reactive ketones (excluding diaryl/α,β-unsaturated/α-hetero) is 2. The fourth-order valence-electron chi connectivity index (χ4n) is 2.72. The molecule has 0 amide bonds. The first kappa shape index (κ1) is 11.9. The van der Waals surface area contributed by atoms with Gasteiger partial charge in [0.15, 0.2) is 0 Å². The monoisotopic (exact) mass is 254 g/mol. The molecule has 1 aromatic carbocycles. The molecule has 0 spiro atoms. The molecule has 3 rings (SSSR count). The van der Waals surface area contributed by atoms with Crippen LogP contribution in [0.4, 0.5) is 0 Å². The number of ketones is 2. The number of furan rings is 1. The van der Waals surface area contributed by atoms with Crippen LogP contribution in [0, 0.1) is 0 Å². The molecule has 0 atom stereocenters. The van der Waals surface area contributed by atoms with Gasteiger partial charge in [0.2, 0.25) is 0 Å². The topological polar surface area (TPSA) is 47.3 Å². The van der Waals surface area contributed by atoms with Crippen LogP contribution in [-0.2, 0) is 9.59 Å². The standard InChI is InChI=1S/C16H14O3/c17-12-8-11(9-13(18)10-12)14-4-1-2-5-15(14)16-6-3-7-19-16/h1-7,11H,8-10H2. The average Bonchev–Trinajstić information content (AvgIpc) is 2.91. The summed E-state index contributed by atoms with van der Waals surface area (Å²) in [4.78, 5) is 23.2. The maximum Gasteiger partial charge on any atom is 0.140 e. The van der Waals surface area contributed by atoms with Crippen molar-refractivity contribution in [3.05, 3.63) is 48.2 Å². The highest BCUT2D eigenvalue weighted by atomic mass is 16.3. The quantitative estimate of drug-likeness (QED) is 0.772. The normalized spacial score (nSPS) is 16.8. The highest BCUT2D eigenvalue weighted by Gasteiger charge is 2.28. The van der Waals surface area contributed by atoms with Crippen molar-refractivity contribution in [3.8, 4) is 11.3 Å². The van der Waals surface area contributed by atoms with E-state index in [9.17, 15) is 9.59 Å².